The van der Waals surface area contributed by atoms with E-state index in [0.29, 0.717) is 48.2 Å². The maximum absolute atomic E-state index is 12.1. The Morgan fingerprint density at radius 1 is 1.32 bits per heavy atom. The Hall–Kier alpha value is -2.83. The Bertz CT molecular complexity index is 831. The zero-order valence-corrected chi connectivity index (χ0v) is 14.3. The molecule has 7 nitrogen and oxygen atoms in total. The van der Waals surface area contributed by atoms with Crippen molar-refractivity contribution in [3.8, 4) is 11.5 Å². The van der Waals surface area contributed by atoms with E-state index >= 15 is 0 Å². The normalized spacial score (nSPS) is 15.7. The van der Waals surface area contributed by atoms with Gasteiger partial charge < -0.3 is 19.8 Å². The first-order valence-electron chi connectivity index (χ1n) is 8.24. The number of benzene rings is 1. The van der Waals surface area contributed by atoms with Crippen LogP contribution in [-0.4, -0.2) is 35.1 Å². The van der Waals surface area contributed by atoms with E-state index in [2.05, 4.69) is 15.3 Å². The average Bonchev–Trinajstić information content (AvgIpc) is 2.59. The molecule has 3 rings (SSSR count). The summed E-state index contributed by atoms with van der Waals surface area (Å²) in [7, 11) is 0. The van der Waals surface area contributed by atoms with E-state index in [0.717, 1.165) is 0 Å². The molecule has 1 aromatic heterocycles. The van der Waals surface area contributed by atoms with Crippen LogP contribution in [0.1, 0.15) is 23.5 Å². The van der Waals surface area contributed by atoms with Gasteiger partial charge in [0.1, 0.15) is 18.5 Å². The minimum Gasteiger partial charge on any atom is -0.486 e. The van der Waals surface area contributed by atoms with Crippen molar-refractivity contribution in [3.63, 3.8) is 0 Å². The summed E-state index contributed by atoms with van der Waals surface area (Å²) < 4.78 is 11.4. The van der Waals surface area contributed by atoms with Gasteiger partial charge in [-0.25, -0.2) is 4.98 Å². The van der Waals surface area contributed by atoms with Crippen molar-refractivity contribution in [3.05, 3.63) is 51.7 Å². The number of amides is 1. The van der Waals surface area contributed by atoms with Crippen LogP contribution in [0.4, 0.5) is 0 Å². The molecule has 25 heavy (non-hydrogen) atoms. The van der Waals surface area contributed by atoms with E-state index in [1.807, 2.05) is 24.3 Å². The van der Waals surface area contributed by atoms with Gasteiger partial charge in [0.25, 0.3) is 5.56 Å². The minimum atomic E-state index is -0.231. The Balaban J connectivity index is 1.49. The van der Waals surface area contributed by atoms with Crippen LogP contribution in [0, 0.1) is 13.8 Å². The molecular weight excluding hydrogens is 322 g/mol. The Kier molecular flexibility index (Phi) is 5.02. The zero-order chi connectivity index (χ0) is 17.8. The zero-order valence-electron chi connectivity index (χ0n) is 14.3. The van der Waals surface area contributed by atoms with E-state index in [1.54, 1.807) is 13.8 Å². The molecule has 7 heteroatoms. The largest absolute Gasteiger partial charge is 0.486 e. The highest BCUT2D eigenvalue weighted by atomic mass is 16.6. The molecule has 0 bridgehead atoms. The van der Waals surface area contributed by atoms with E-state index in [1.165, 1.54) is 0 Å². The molecule has 1 aliphatic heterocycles. The van der Waals surface area contributed by atoms with E-state index < -0.39 is 0 Å². The Morgan fingerprint density at radius 3 is 2.84 bits per heavy atom. The highest BCUT2D eigenvalue weighted by Gasteiger charge is 2.21. The number of ether oxygens (including phenoxy) is 2. The van der Waals surface area contributed by atoms with Gasteiger partial charge in [-0.1, -0.05) is 12.1 Å². The Labute approximate surface area is 145 Å². The molecule has 2 aromatic rings. The SMILES string of the molecule is Cc1nc(C)c(CCC(=O)NCC2COc3ccccc3O2)c(=O)[nH]1. The molecule has 1 unspecified atom stereocenters. The van der Waals surface area contributed by atoms with Crippen LogP contribution >= 0.6 is 0 Å². The summed E-state index contributed by atoms with van der Waals surface area (Å²) in [6.07, 6.45) is 0.342. The van der Waals surface area contributed by atoms with Crippen molar-refractivity contribution in [2.75, 3.05) is 13.2 Å². The highest BCUT2D eigenvalue weighted by Crippen LogP contribution is 2.30. The number of carbonyl (C=O) groups is 1. The molecule has 0 fully saturated rings. The number of rotatable bonds is 5. The summed E-state index contributed by atoms with van der Waals surface area (Å²) in [6, 6.07) is 7.44. The lowest BCUT2D eigenvalue weighted by Gasteiger charge is -2.26. The van der Waals surface area contributed by atoms with Gasteiger partial charge in [0, 0.05) is 17.7 Å². The van der Waals surface area contributed by atoms with E-state index in [9.17, 15) is 9.59 Å². The summed E-state index contributed by atoms with van der Waals surface area (Å²) in [4.78, 5) is 30.9. The summed E-state index contributed by atoms with van der Waals surface area (Å²) in [5.74, 6) is 1.83. The van der Waals surface area contributed by atoms with Crippen LogP contribution in [-0.2, 0) is 11.2 Å². The summed E-state index contributed by atoms with van der Waals surface area (Å²) in [6.45, 7) is 4.25. The molecule has 0 saturated heterocycles. The fraction of sp³-hybridized carbons (Fsp3) is 0.389. The van der Waals surface area contributed by atoms with Gasteiger partial charge >= 0.3 is 0 Å². The van der Waals surface area contributed by atoms with Crippen molar-refractivity contribution in [2.24, 2.45) is 0 Å². The number of carbonyl (C=O) groups excluding carboxylic acids is 1. The number of aryl methyl sites for hydroxylation is 2. The average molecular weight is 343 g/mol. The second-order valence-corrected chi connectivity index (χ2v) is 6.02. The third-order valence-corrected chi connectivity index (χ3v) is 4.04. The Morgan fingerprint density at radius 2 is 2.08 bits per heavy atom. The van der Waals surface area contributed by atoms with Crippen LogP contribution in [0.2, 0.25) is 0 Å². The fourth-order valence-corrected chi connectivity index (χ4v) is 2.76. The molecular formula is C18H21N3O4. The van der Waals surface area contributed by atoms with Crippen LogP contribution < -0.4 is 20.3 Å². The lowest BCUT2D eigenvalue weighted by atomic mass is 10.1. The van der Waals surface area contributed by atoms with Crippen molar-refractivity contribution >= 4 is 5.91 Å². The first-order valence-corrected chi connectivity index (χ1v) is 8.24. The monoisotopic (exact) mass is 343 g/mol. The number of para-hydroxylation sites is 2. The number of aromatic nitrogens is 2. The lowest BCUT2D eigenvalue weighted by molar-refractivity contribution is -0.121. The molecule has 1 atom stereocenters. The molecule has 132 valence electrons. The predicted molar refractivity (Wildman–Crippen MR) is 92.0 cm³/mol. The number of hydrogen-bond donors (Lipinski definition) is 2. The van der Waals surface area contributed by atoms with Crippen molar-refractivity contribution in [1.29, 1.82) is 0 Å². The van der Waals surface area contributed by atoms with Gasteiger partial charge in [-0.15, -0.1) is 0 Å². The van der Waals surface area contributed by atoms with E-state index in [-0.39, 0.29) is 24.0 Å². The number of fused-ring (bicyclic) bond motifs is 1. The fourth-order valence-electron chi connectivity index (χ4n) is 2.76. The summed E-state index contributed by atoms with van der Waals surface area (Å²) in [5.41, 5.74) is 1.03. The quantitative estimate of drug-likeness (QED) is 0.853. The second kappa shape index (κ2) is 7.38. The van der Waals surface area contributed by atoms with Gasteiger partial charge in [-0.2, -0.15) is 0 Å². The van der Waals surface area contributed by atoms with Crippen LogP contribution in [0.3, 0.4) is 0 Å². The first kappa shape index (κ1) is 17.0. The van der Waals surface area contributed by atoms with Gasteiger partial charge in [0.15, 0.2) is 11.5 Å². The molecule has 2 N–H and O–H groups in total. The third-order valence-electron chi connectivity index (χ3n) is 4.04. The van der Waals surface area contributed by atoms with Crippen LogP contribution in [0.5, 0.6) is 11.5 Å². The first-order chi connectivity index (χ1) is 12.0. The standard InChI is InChI=1S/C18H21N3O4/c1-11-14(18(23)21-12(2)20-11)7-8-17(22)19-9-13-10-24-15-5-3-4-6-16(15)25-13/h3-6,13H,7-10H2,1-2H3,(H,19,22)(H,20,21,23). The smallest absolute Gasteiger partial charge is 0.254 e. The minimum absolute atomic E-state index is 0.137. The summed E-state index contributed by atoms with van der Waals surface area (Å²) in [5, 5.41) is 2.83. The molecule has 1 aliphatic rings. The maximum Gasteiger partial charge on any atom is 0.254 e. The lowest BCUT2D eigenvalue weighted by Crippen LogP contribution is -2.40. The van der Waals surface area contributed by atoms with Crippen molar-refractivity contribution in [2.45, 2.75) is 32.8 Å². The molecule has 2 heterocycles. The molecule has 0 saturated carbocycles. The highest BCUT2D eigenvalue weighted by molar-refractivity contribution is 5.76. The van der Waals surface area contributed by atoms with E-state index in [4.69, 9.17) is 9.47 Å². The van der Waals surface area contributed by atoms with Crippen LogP contribution in [0.15, 0.2) is 29.1 Å². The summed E-state index contributed by atoms with van der Waals surface area (Å²) >= 11 is 0. The molecule has 0 spiro atoms. The predicted octanol–water partition coefficient (Wildman–Crippen LogP) is 1.28. The van der Waals surface area contributed by atoms with Crippen molar-refractivity contribution in [1.82, 2.24) is 15.3 Å². The second-order valence-electron chi connectivity index (χ2n) is 6.02. The number of aromatic amines is 1. The van der Waals surface area contributed by atoms with Gasteiger partial charge in [0.05, 0.1) is 6.54 Å². The van der Waals surface area contributed by atoms with Crippen molar-refractivity contribution < 1.29 is 14.3 Å². The van der Waals surface area contributed by atoms with Gasteiger partial charge in [0.2, 0.25) is 5.91 Å². The van der Waals surface area contributed by atoms with Gasteiger partial charge in [-0.05, 0) is 32.4 Å². The molecule has 1 aromatic carbocycles. The van der Waals surface area contributed by atoms with Crippen LogP contribution in [0.25, 0.3) is 0 Å². The third kappa shape index (κ3) is 4.17. The molecule has 1 amide bonds. The number of nitrogens with one attached hydrogen (secondary N) is 2. The number of H-pyrrole nitrogens is 1. The molecule has 0 radical (unpaired) electrons. The van der Waals surface area contributed by atoms with Gasteiger partial charge in [-0.3, -0.25) is 9.59 Å². The molecule has 0 aliphatic carbocycles. The number of hydrogen-bond acceptors (Lipinski definition) is 5. The maximum atomic E-state index is 12.1. The topological polar surface area (TPSA) is 93.3 Å². The number of nitrogens with zero attached hydrogens (tertiary/aromatic N) is 1.